The maximum absolute atomic E-state index is 5.84. The molecule has 3 nitrogen and oxygen atoms in total. The number of hydrogen-bond acceptors (Lipinski definition) is 3. The van der Waals surface area contributed by atoms with Gasteiger partial charge in [-0.15, -0.1) is 0 Å². The van der Waals surface area contributed by atoms with Gasteiger partial charge in [0.05, 0.1) is 12.8 Å². The van der Waals surface area contributed by atoms with Crippen LogP contribution in [0.3, 0.4) is 0 Å². The summed E-state index contributed by atoms with van der Waals surface area (Å²) in [6, 6.07) is 3.90. The number of methoxy groups -OCH3 is 1. The maximum atomic E-state index is 5.84. The zero-order chi connectivity index (χ0) is 9.84. The van der Waals surface area contributed by atoms with Crippen LogP contribution in [0.25, 0.3) is 0 Å². The molecule has 0 bridgehead atoms. The Balaban J connectivity index is 3.13. The summed E-state index contributed by atoms with van der Waals surface area (Å²) in [7, 11) is 1.65. The van der Waals surface area contributed by atoms with Crippen molar-refractivity contribution in [3.63, 3.8) is 0 Å². The van der Waals surface area contributed by atoms with Crippen LogP contribution in [-0.4, -0.2) is 13.7 Å². The summed E-state index contributed by atoms with van der Waals surface area (Å²) in [4.78, 5) is 0. The number of benzene rings is 1. The lowest BCUT2D eigenvalue weighted by Gasteiger charge is -2.13. The first-order valence-corrected chi connectivity index (χ1v) is 4.37. The van der Waals surface area contributed by atoms with Crippen LogP contribution in [0.2, 0.25) is 0 Å². The van der Waals surface area contributed by atoms with Gasteiger partial charge in [0, 0.05) is 6.54 Å². The Labute approximate surface area is 78.9 Å². The fourth-order valence-corrected chi connectivity index (χ4v) is 1.31. The van der Waals surface area contributed by atoms with Crippen molar-refractivity contribution in [1.29, 1.82) is 0 Å². The highest BCUT2D eigenvalue weighted by molar-refractivity contribution is 5.74. The van der Waals surface area contributed by atoms with Gasteiger partial charge in [-0.2, -0.15) is 0 Å². The molecule has 1 aromatic carbocycles. The van der Waals surface area contributed by atoms with E-state index < -0.39 is 0 Å². The molecule has 0 spiro atoms. The van der Waals surface area contributed by atoms with Crippen LogP contribution in [0.5, 0.6) is 5.75 Å². The van der Waals surface area contributed by atoms with E-state index in [1.807, 2.05) is 26.0 Å². The van der Waals surface area contributed by atoms with E-state index in [1.165, 1.54) is 0 Å². The predicted molar refractivity (Wildman–Crippen MR) is 56.3 cm³/mol. The molecule has 0 fully saturated rings. The minimum Gasteiger partial charge on any atom is -0.494 e. The largest absolute Gasteiger partial charge is 0.494 e. The number of nitrogens with two attached hydrogens (primary N) is 1. The van der Waals surface area contributed by atoms with Crippen molar-refractivity contribution in [3.05, 3.63) is 17.7 Å². The molecule has 0 saturated carbocycles. The molecule has 0 heterocycles. The highest BCUT2D eigenvalue weighted by Gasteiger charge is 2.06. The first kappa shape index (κ1) is 9.71. The van der Waals surface area contributed by atoms with Gasteiger partial charge >= 0.3 is 0 Å². The average molecular weight is 180 g/mol. The van der Waals surface area contributed by atoms with E-state index in [1.54, 1.807) is 7.11 Å². The molecule has 0 atom stereocenters. The SMILES string of the molecule is CCNc1c(N)cc(C)cc1OC. The van der Waals surface area contributed by atoms with Gasteiger partial charge in [-0.25, -0.2) is 0 Å². The highest BCUT2D eigenvalue weighted by atomic mass is 16.5. The first-order valence-electron chi connectivity index (χ1n) is 4.37. The van der Waals surface area contributed by atoms with Crippen molar-refractivity contribution in [2.24, 2.45) is 0 Å². The number of anilines is 2. The molecule has 3 N–H and O–H groups in total. The van der Waals surface area contributed by atoms with E-state index in [2.05, 4.69) is 5.32 Å². The fourth-order valence-electron chi connectivity index (χ4n) is 1.31. The summed E-state index contributed by atoms with van der Waals surface area (Å²) in [6.45, 7) is 4.86. The highest BCUT2D eigenvalue weighted by Crippen LogP contribution is 2.31. The zero-order valence-electron chi connectivity index (χ0n) is 8.35. The number of nitrogens with one attached hydrogen (secondary N) is 1. The van der Waals surface area contributed by atoms with Crippen molar-refractivity contribution in [3.8, 4) is 5.75 Å². The van der Waals surface area contributed by atoms with Crippen molar-refractivity contribution >= 4 is 11.4 Å². The van der Waals surface area contributed by atoms with Crippen LogP contribution in [-0.2, 0) is 0 Å². The smallest absolute Gasteiger partial charge is 0.144 e. The van der Waals surface area contributed by atoms with Gasteiger partial charge in [0.15, 0.2) is 0 Å². The molecule has 0 radical (unpaired) electrons. The van der Waals surface area contributed by atoms with Crippen molar-refractivity contribution < 1.29 is 4.74 Å². The number of ether oxygens (including phenoxy) is 1. The van der Waals surface area contributed by atoms with E-state index in [0.717, 1.165) is 29.2 Å². The first-order chi connectivity index (χ1) is 6.19. The number of aryl methyl sites for hydroxylation is 1. The number of nitrogen functional groups attached to an aromatic ring is 1. The van der Waals surface area contributed by atoms with E-state index in [9.17, 15) is 0 Å². The van der Waals surface area contributed by atoms with E-state index in [-0.39, 0.29) is 0 Å². The normalized spacial score (nSPS) is 9.77. The molecule has 0 aliphatic rings. The third-order valence-corrected chi connectivity index (χ3v) is 1.85. The Hall–Kier alpha value is -1.38. The Kier molecular flexibility index (Phi) is 3.01. The van der Waals surface area contributed by atoms with Crippen molar-refractivity contribution in [2.75, 3.05) is 24.7 Å². The molecule has 0 unspecified atom stereocenters. The van der Waals surface area contributed by atoms with Gasteiger partial charge in [-0.1, -0.05) is 0 Å². The molecular weight excluding hydrogens is 164 g/mol. The molecule has 1 aromatic rings. The van der Waals surface area contributed by atoms with Crippen LogP contribution >= 0.6 is 0 Å². The Morgan fingerprint density at radius 3 is 2.69 bits per heavy atom. The van der Waals surface area contributed by atoms with Crippen molar-refractivity contribution in [2.45, 2.75) is 13.8 Å². The van der Waals surface area contributed by atoms with Crippen LogP contribution in [0.4, 0.5) is 11.4 Å². The molecule has 13 heavy (non-hydrogen) atoms. The Morgan fingerprint density at radius 1 is 1.46 bits per heavy atom. The quantitative estimate of drug-likeness (QED) is 0.699. The second-order valence-corrected chi connectivity index (χ2v) is 2.96. The summed E-state index contributed by atoms with van der Waals surface area (Å²) in [5, 5.41) is 3.17. The minimum absolute atomic E-state index is 0.735. The second-order valence-electron chi connectivity index (χ2n) is 2.96. The Bertz CT molecular complexity index is 297. The summed E-state index contributed by atoms with van der Waals surface area (Å²) in [5.74, 6) is 0.805. The lowest BCUT2D eigenvalue weighted by Crippen LogP contribution is -2.03. The molecule has 0 aromatic heterocycles. The topological polar surface area (TPSA) is 47.3 Å². The van der Waals surface area contributed by atoms with Crippen LogP contribution in [0, 0.1) is 6.92 Å². The minimum atomic E-state index is 0.735. The van der Waals surface area contributed by atoms with Gasteiger partial charge in [-0.3, -0.25) is 0 Å². The summed E-state index contributed by atoms with van der Waals surface area (Å²) >= 11 is 0. The molecule has 0 aliphatic carbocycles. The second kappa shape index (κ2) is 4.03. The standard InChI is InChI=1S/C10H16N2O/c1-4-12-10-8(11)5-7(2)6-9(10)13-3/h5-6,12H,4,11H2,1-3H3. The van der Waals surface area contributed by atoms with Crippen LogP contribution in [0.15, 0.2) is 12.1 Å². The third kappa shape index (κ3) is 2.05. The van der Waals surface area contributed by atoms with E-state index in [4.69, 9.17) is 10.5 Å². The molecule has 72 valence electrons. The molecule has 3 heteroatoms. The van der Waals surface area contributed by atoms with Crippen LogP contribution in [0.1, 0.15) is 12.5 Å². The third-order valence-electron chi connectivity index (χ3n) is 1.85. The Morgan fingerprint density at radius 2 is 2.15 bits per heavy atom. The number of hydrogen-bond donors (Lipinski definition) is 2. The molecule has 0 saturated heterocycles. The summed E-state index contributed by atoms with van der Waals surface area (Å²) in [6.07, 6.45) is 0. The predicted octanol–water partition coefficient (Wildman–Crippen LogP) is 2.02. The molecule has 0 amide bonds. The van der Waals surface area contributed by atoms with Gasteiger partial charge in [0.2, 0.25) is 0 Å². The number of rotatable bonds is 3. The molecule has 0 aliphatic heterocycles. The zero-order valence-corrected chi connectivity index (χ0v) is 8.35. The van der Waals surface area contributed by atoms with E-state index >= 15 is 0 Å². The lowest BCUT2D eigenvalue weighted by molar-refractivity contribution is 0.416. The maximum Gasteiger partial charge on any atom is 0.144 e. The summed E-state index contributed by atoms with van der Waals surface area (Å²) < 4.78 is 5.22. The van der Waals surface area contributed by atoms with Crippen molar-refractivity contribution in [1.82, 2.24) is 0 Å². The van der Waals surface area contributed by atoms with E-state index in [0.29, 0.717) is 0 Å². The van der Waals surface area contributed by atoms with Gasteiger partial charge in [0.1, 0.15) is 11.4 Å². The summed E-state index contributed by atoms with van der Waals surface area (Å²) in [5.41, 5.74) is 8.57. The van der Waals surface area contributed by atoms with Gasteiger partial charge in [0.25, 0.3) is 0 Å². The monoisotopic (exact) mass is 180 g/mol. The fraction of sp³-hybridized carbons (Fsp3) is 0.400. The van der Waals surface area contributed by atoms with Crippen LogP contribution < -0.4 is 15.8 Å². The van der Waals surface area contributed by atoms with Gasteiger partial charge in [-0.05, 0) is 31.5 Å². The molecular formula is C10H16N2O. The average Bonchev–Trinajstić information content (AvgIpc) is 2.09. The molecule has 1 rings (SSSR count). The van der Waals surface area contributed by atoms with Gasteiger partial charge < -0.3 is 15.8 Å². The lowest BCUT2D eigenvalue weighted by atomic mass is 10.1.